The lowest BCUT2D eigenvalue weighted by Crippen LogP contribution is -2.45. The van der Waals surface area contributed by atoms with Gasteiger partial charge in [-0.2, -0.15) is 5.26 Å². The molecule has 1 amide bonds. The van der Waals surface area contributed by atoms with Gasteiger partial charge in [-0.05, 0) is 31.4 Å². The third-order valence-electron chi connectivity index (χ3n) is 3.63. The van der Waals surface area contributed by atoms with Crippen LogP contribution in [0.25, 0.3) is 0 Å². The highest BCUT2D eigenvalue weighted by atomic mass is 16.5. The van der Waals surface area contributed by atoms with Crippen LogP contribution in [-0.2, 0) is 9.53 Å². The van der Waals surface area contributed by atoms with Gasteiger partial charge in [0.05, 0.1) is 19.1 Å². The number of amides is 1. The minimum Gasteiger partial charge on any atom is -0.469 e. The maximum Gasteiger partial charge on any atom is 0.307 e. The number of piperidine rings is 1. The van der Waals surface area contributed by atoms with Crippen LogP contribution in [0.3, 0.4) is 0 Å². The molecule has 1 fully saturated rings. The number of aromatic nitrogens is 1. The lowest BCUT2D eigenvalue weighted by atomic mass is 9.99. The number of carbonyl (C=O) groups excluding carboxylic acids is 2. The van der Waals surface area contributed by atoms with Crippen molar-refractivity contribution in [3.05, 3.63) is 29.6 Å². The van der Waals surface area contributed by atoms with Gasteiger partial charge < -0.3 is 9.64 Å². The molecular weight excluding hydrogens is 270 g/mol. The van der Waals surface area contributed by atoms with E-state index in [2.05, 4.69) is 9.72 Å². The van der Waals surface area contributed by atoms with Crippen molar-refractivity contribution >= 4 is 11.9 Å². The maximum absolute atomic E-state index is 12.5. The predicted molar refractivity (Wildman–Crippen MR) is 74.3 cm³/mol. The number of rotatable bonds is 3. The van der Waals surface area contributed by atoms with E-state index >= 15 is 0 Å². The molecule has 1 aromatic heterocycles. The molecular formula is C15H17N3O3. The van der Waals surface area contributed by atoms with E-state index in [4.69, 9.17) is 5.26 Å². The Balaban J connectivity index is 2.14. The summed E-state index contributed by atoms with van der Waals surface area (Å²) in [6, 6.07) is 4.94. The number of likely N-dealkylation sites (tertiary alicyclic amines) is 1. The Bertz CT molecular complexity index is 563. The summed E-state index contributed by atoms with van der Waals surface area (Å²) >= 11 is 0. The van der Waals surface area contributed by atoms with Crippen LogP contribution in [0, 0.1) is 11.3 Å². The summed E-state index contributed by atoms with van der Waals surface area (Å²) in [5.74, 6) is -0.513. The van der Waals surface area contributed by atoms with Gasteiger partial charge in [-0.15, -0.1) is 0 Å². The molecule has 1 aliphatic heterocycles. The van der Waals surface area contributed by atoms with Crippen molar-refractivity contribution in [2.24, 2.45) is 0 Å². The van der Waals surface area contributed by atoms with E-state index < -0.39 is 0 Å². The molecule has 1 saturated heterocycles. The highest BCUT2D eigenvalue weighted by molar-refractivity contribution is 5.93. The van der Waals surface area contributed by atoms with E-state index in [-0.39, 0.29) is 24.3 Å². The van der Waals surface area contributed by atoms with Gasteiger partial charge in [-0.3, -0.25) is 9.59 Å². The lowest BCUT2D eigenvalue weighted by Gasteiger charge is -2.35. The molecule has 0 bridgehead atoms. The van der Waals surface area contributed by atoms with Crippen LogP contribution in [0.4, 0.5) is 0 Å². The third kappa shape index (κ3) is 3.57. The molecule has 1 unspecified atom stereocenters. The molecule has 0 N–H and O–H groups in total. The fourth-order valence-corrected chi connectivity index (χ4v) is 2.49. The van der Waals surface area contributed by atoms with Crippen molar-refractivity contribution in [3.63, 3.8) is 0 Å². The summed E-state index contributed by atoms with van der Waals surface area (Å²) in [7, 11) is 1.35. The summed E-state index contributed by atoms with van der Waals surface area (Å²) in [6.07, 6.45) is 4.29. The minimum atomic E-state index is -0.313. The second-order valence-electron chi connectivity index (χ2n) is 4.97. The molecule has 110 valence electrons. The van der Waals surface area contributed by atoms with Crippen molar-refractivity contribution < 1.29 is 14.3 Å². The highest BCUT2D eigenvalue weighted by Gasteiger charge is 2.30. The van der Waals surface area contributed by atoms with E-state index in [0.29, 0.717) is 17.8 Å². The zero-order valence-corrected chi connectivity index (χ0v) is 11.9. The first-order valence-corrected chi connectivity index (χ1v) is 6.89. The molecule has 0 spiro atoms. The van der Waals surface area contributed by atoms with Crippen molar-refractivity contribution in [1.29, 1.82) is 5.26 Å². The summed E-state index contributed by atoms with van der Waals surface area (Å²) in [6.45, 7) is 0.613. The fourth-order valence-electron chi connectivity index (χ4n) is 2.49. The molecule has 2 rings (SSSR count). The van der Waals surface area contributed by atoms with Crippen LogP contribution in [0.15, 0.2) is 18.3 Å². The number of carbonyl (C=O) groups is 2. The van der Waals surface area contributed by atoms with Gasteiger partial charge in [-0.1, -0.05) is 0 Å². The Morgan fingerprint density at radius 2 is 2.29 bits per heavy atom. The Labute approximate surface area is 123 Å². The van der Waals surface area contributed by atoms with Gasteiger partial charge in [0.15, 0.2) is 0 Å². The summed E-state index contributed by atoms with van der Waals surface area (Å²) in [4.78, 5) is 29.7. The number of esters is 1. The van der Waals surface area contributed by atoms with Gasteiger partial charge in [0.1, 0.15) is 11.8 Å². The van der Waals surface area contributed by atoms with Crippen LogP contribution in [0.2, 0.25) is 0 Å². The molecule has 0 aromatic carbocycles. The molecule has 0 saturated carbocycles. The zero-order valence-electron chi connectivity index (χ0n) is 11.9. The van der Waals surface area contributed by atoms with Gasteiger partial charge in [0, 0.05) is 18.8 Å². The topological polar surface area (TPSA) is 83.3 Å². The van der Waals surface area contributed by atoms with Crippen molar-refractivity contribution in [2.45, 2.75) is 31.7 Å². The normalized spacial score (nSPS) is 17.9. The summed E-state index contributed by atoms with van der Waals surface area (Å²) in [5, 5.41) is 8.75. The number of methoxy groups -OCH3 is 1. The molecule has 6 heteroatoms. The Morgan fingerprint density at radius 3 is 2.90 bits per heavy atom. The predicted octanol–water partition coefficient (Wildman–Crippen LogP) is 1.51. The molecule has 6 nitrogen and oxygen atoms in total. The standard InChI is InChI=1S/C15H17N3O3/c1-21-14(19)8-12-4-2-3-7-18(12)15(20)13-6-5-11(9-16)10-17-13/h5-6,10,12H,2-4,7-8H2,1H3. The number of hydrogen-bond donors (Lipinski definition) is 0. The highest BCUT2D eigenvalue weighted by Crippen LogP contribution is 2.22. The van der Waals surface area contributed by atoms with E-state index in [1.165, 1.54) is 13.3 Å². The number of nitrogens with zero attached hydrogens (tertiary/aromatic N) is 3. The third-order valence-corrected chi connectivity index (χ3v) is 3.63. The SMILES string of the molecule is COC(=O)CC1CCCCN1C(=O)c1ccc(C#N)cn1. The summed E-state index contributed by atoms with van der Waals surface area (Å²) < 4.78 is 4.69. The molecule has 1 aliphatic rings. The first kappa shape index (κ1) is 15.0. The smallest absolute Gasteiger partial charge is 0.307 e. The van der Waals surface area contributed by atoms with E-state index in [1.807, 2.05) is 6.07 Å². The quantitative estimate of drug-likeness (QED) is 0.787. The zero-order chi connectivity index (χ0) is 15.2. The Kier molecular flexibility index (Phi) is 4.88. The average Bonchev–Trinajstić information content (AvgIpc) is 2.54. The van der Waals surface area contributed by atoms with Gasteiger partial charge >= 0.3 is 5.97 Å². The van der Waals surface area contributed by atoms with Gasteiger partial charge in [-0.25, -0.2) is 4.98 Å². The second kappa shape index (κ2) is 6.84. The minimum absolute atomic E-state index is 0.142. The van der Waals surface area contributed by atoms with E-state index in [9.17, 15) is 9.59 Å². The monoisotopic (exact) mass is 287 g/mol. The molecule has 0 aliphatic carbocycles. The van der Waals surface area contributed by atoms with Crippen molar-refractivity contribution in [3.8, 4) is 6.07 Å². The van der Waals surface area contributed by atoms with Crippen molar-refractivity contribution in [2.75, 3.05) is 13.7 Å². The average molecular weight is 287 g/mol. The van der Waals surface area contributed by atoms with E-state index in [1.54, 1.807) is 17.0 Å². The van der Waals surface area contributed by atoms with E-state index in [0.717, 1.165) is 19.3 Å². The largest absolute Gasteiger partial charge is 0.469 e. The molecule has 1 aromatic rings. The first-order chi connectivity index (χ1) is 10.2. The molecule has 2 heterocycles. The number of pyridine rings is 1. The summed E-state index contributed by atoms with van der Waals surface area (Å²) in [5.41, 5.74) is 0.710. The lowest BCUT2D eigenvalue weighted by molar-refractivity contribution is -0.142. The van der Waals surface area contributed by atoms with Crippen LogP contribution >= 0.6 is 0 Å². The van der Waals surface area contributed by atoms with Crippen LogP contribution in [0.5, 0.6) is 0 Å². The molecule has 0 radical (unpaired) electrons. The number of hydrogen-bond acceptors (Lipinski definition) is 5. The second-order valence-corrected chi connectivity index (χ2v) is 4.97. The van der Waals surface area contributed by atoms with Crippen molar-refractivity contribution in [1.82, 2.24) is 9.88 Å². The van der Waals surface area contributed by atoms with Crippen LogP contribution in [-0.4, -0.2) is 41.5 Å². The first-order valence-electron chi connectivity index (χ1n) is 6.89. The van der Waals surface area contributed by atoms with Crippen LogP contribution in [0.1, 0.15) is 41.7 Å². The van der Waals surface area contributed by atoms with Gasteiger partial charge in [0.2, 0.25) is 0 Å². The molecule has 1 atom stereocenters. The maximum atomic E-state index is 12.5. The Hall–Kier alpha value is -2.42. The number of nitriles is 1. The fraction of sp³-hybridized carbons (Fsp3) is 0.467. The van der Waals surface area contributed by atoms with Crippen LogP contribution < -0.4 is 0 Å². The Morgan fingerprint density at radius 1 is 1.48 bits per heavy atom. The van der Waals surface area contributed by atoms with Gasteiger partial charge in [0.25, 0.3) is 5.91 Å². The number of ether oxygens (including phenoxy) is 1. The molecule has 21 heavy (non-hydrogen) atoms.